The number of amides is 1. The molecule has 1 amide bonds. The molecule has 25 heavy (non-hydrogen) atoms. The molecular formula is C17H23ClN4O2S. The summed E-state index contributed by atoms with van der Waals surface area (Å²) in [4.78, 5) is 16.3. The van der Waals surface area contributed by atoms with Crippen molar-refractivity contribution >= 4 is 35.8 Å². The van der Waals surface area contributed by atoms with Crippen LogP contribution < -0.4 is 11.1 Å². The maximum atomic E-state index is 11.9. The Morgan fingerprint density at radius 3 is 2.68 bits per heavy atom. The molecule has 136 valence electrons. The molecule has 0 radical (unpaired) electrons. The Balaban J connectivity index is 0.00000225. The molecule has 2 aromatic rings. The predicted molar refractivity (Wildman–Crippen MR) is 102 cm³/mol. The normalized spacial score (nSPS) is 15.6. The number of anilines is 1. The molecule has 1 saturated carbocycles. The van der Waals surface area contributed by atoms with Gasteiger partial charge >= 0.3 is 0 Å². The van der Waals surface area contributed by atoms with Crippen molar-refractivity contribution in [1.29, 1.82) is 0 Å². The third-order valence-electron chi connectivity index (χ3n) is 4.20. The fourth-order valence-electron chi connectivity index (χ4n) is 2.81. The lowest BCUT2D eigenvalue weighted by Crippen LogP contribution is -2.34. The Morgan fingerprint density at radius 1 is 1.32 bits per heavy atom. The van der Waals surface area contributed by atoms with Crippen molar-refractivity contribution in [3.8, 4) is 0 Å². The summed E-state index contributed by atoms with van der Waals surface area (Å²) in [5.41, 5.74) is 7.84. The van der Waals surface area contributed by atoms with Crippen molar-refractivity contribution in [1.82, 2.24) is 10.1 Å². The number of carbonyl (C=O) groups is 1. The first-order chi connectivity index (χ1) is 11.5. The van der Waals surface area contributed by atoms with E-state index in [1.165, 1.54) is 11.8 Å². The number of carbonyl (C=O) groups excluding carboxylic acids is 1. The van der Waals surface area contributed by atoms with Gasteiger partial charge in [-0.15, -0.1) is 24.2 Å². The van der Waals surface area contributed by atoms with E-state index >= 15 is 0 Å². The van der Waals surface area contributed by atoms with Gasteiger partial charge in [0.15, 0.2) is 5.82 Å². The molecule has 3 rings (SSSR count). The molecule has 1 aliphatic carbocycles. The zero-order valence-electron chi connectivity index (χ0n) is 14.2. The summed E-state index contributed by atoms with van der Waals surface area (Å²) in [6, 6.07) is 7.72. The number of hydrogen-bond acceptors (Lipinski definition) is 6. The fraction of sp³-hybridized carbons (Fsp3) is 0.471. The van der Waals surface area contributed by atoms with Gasteiger partial charge in [-0.3, -0.25) is 4.79 Å². The van der Waals surface area contributed by atoms with Crippen molar-refractivity contribution < 1.29 is 9.32 Å². The third kappa shape index (κ3) is 5.20. The van der Waals surface area contributed by atoms with Crippen molar-refractivity contribution in [2.24, 2.45) is 5.73 Å². The minimum atomic E-state index is -0.435. The van der Waals surface area contributed by atoms with Crippen LogP contribution in [-0.4, -0.2) is 21.8 Å². The van der Waals surface area contributed by atoms with Crippen LogP contribution in [0.15, 0.2) is 28.8 Å². The molecule has 1 aromatic carbocycles. The fourth-order valence-corrected chi connectivity index (χ4v) is 3.46. The highest BCUT2D eigenvalue weighted by atomic mass is 35.5. The largest absolute Gasteiger partial charge is 0.338 e. The van der Waals surface area contributed by atoms with Gasteiger partial charge in [-0.25, -0.2) is 0 Å². The number of aromatic nitrogens is 2. The Labute approximate surface area is 157 Å². The smallest absolute Gasteiger partial charge is 0.236 e. The Hall–Kier alpha value is -1.57. The zero-order valence-corrected chi connectivity index (χ0v) is 15.8. The number of aryl methyl sites for hydroxylation is 1. The first-order valence-electron chi connectivity index (χ1n) is 8.11. The van der Waals surface area contributed by atoms with Crippen LogP contribution in [0.25, 0.3) is 0 Å². The van der Waals surface area contributed by atoms with E-state index in [4.69, 9.17) is 10.3 Å². The van der Waals surface area contributed by atoms with E-state index in [9.17, 15) is 4.79 Å². The SMILES string of the molecule is Cc1ccc(NC(=O)CSCc2nc(C3(N)CCCC3)no2)cc1.Cl. The predicted octanol–water partition coefficient (Wildman–Crippen LogP) is 3.40. The highest BCUT2D eigenvalue weighted by molar-refractivity contribution is 7.99. The van der Waals surface area contributed by atoms with E-state index in [0.29, 0.717) is 23.2 Å². The second-order valence-electron chi connectivity index (χ2n) is 6.28. The first kappa shape index (κ1) is 19.8. The van der Waals surface area contributed by atoms with Crippen LogP contribution in [-0.2, 0) is 16.1 Å². The van der Waals surface area contributed by atoms with Gasteiger partial charge < -0.3 is 15.6 Å². The van der Waals surface area contributed by atoms with Gasteiger partial charge in [0, 0.05) is 5.69 Å². The summed E-state index contributed by atoms with van der Waals surface area (Å²) >= 11 is 1.44. The Morgan fingerprint density at radius 2 is 2.00 bits per heavy atom. The molecule has 0 spiro atoms. The number of hydrogen-bond donors (Lipinski definition) is 2. The van der Waals surface area contributed by atoms with Crippen LogP contribution in [0.3, 0.4) is 0 Å². The van der Waals surface area contributed by atoms with Crippen molar-refractivity contribution in [3.05, 3.63) is 41.5 Å². The van der Waals surface area contributed by atoms with Crippen LogP contribution in [0.4, 0.5) is 5.69 Å². The molecule has 1 fully saturated rings. The molecule has 1 aliphatic rings. The minimum Gasteiger partial charge on any atom is -0.338 e. The molecule has 1 aromatic heterocycles. The van der Waals surface area contributed by atoms with Crippen LogP contribution in [0, 0.1) is 6.92 Å². The summed E-state index contributed by atoms with van der Waals surface area (Å²) in [5.74, 6) is 1.91. The number of nitrogens with two attached hydrogens (primary N) is 1. The van der Waals surface area contributed by atoms with Crippen LogP contribution in [0.2, 0.25) is 0 Å². The topological polar surface area (TPSA) is 94.0 Å². The van der Waals surface area contributed by atoms with Crippen LogP contribution >= 0.6 is 24.2 Å². The second kappa shape index (κ2) is 8.69. The number of nitrogens with zero attached hydrogens (tertiary/aromatic N) is 2. The van der Waals surface area contributed by atoms with Gasteiger partial charge in [0.2, 0.25) is 11.8 Å². The highest BCUT2D eigenvalue weighted by Crippen LogP contribution is 2.34. The number of nitrogens with one attached hydrogen (secondary N) is 1. The quantitative estimate of drug-likeness (QED) is 0.795. The van der Waals surface area contributed by atoms with Gasteiger partial charge in [-0.05, 0) is 31.9 Å². The summed E-state index contributed by atoms with van der Waals surface area (Å²) in [7, 11) is 0. The van der Waals surface area contributed by atoms with Crippen molar-refractivity contribution in [2.75, 3.05) is 11.1 Å². The number of halogens is 1. The van der Waals surface area contributed by atoms with Crippen molar-refractivity contribution in [3.63, 3.8) is 0 Å². The lowest BCUT2D eigenvalue weighted by Gasteiger charge is -2.17. The minimum absolute atomic E-state index is 0. The van der Waals surface area contributed by atoms with Gasteiger partial charge in [-0.2, -0.15) is 4.98 Å². The van der Waals surface area contributed by atoms with Crippen molar-refractivity contribution in [2.45, 2.75) is 43.9 Å². The van der Waals surface area contributed by atoms with Crippen LogP contribution in [0.1, 0.15) is 43.0 Å². The van der Waals surface area contributed by atoms with Gasteiger partial charge in [-0.1, -0.05) is 35.7 Å². The van der Waals surface area contributed by atoms with Gasteiger partial charge in [0.1, 0.15) is 0 Å². The Kier molecular flexibility index (Phi) is 6.87. The molecule has 1 heterocycles. The Bertz CT molecular complexity index is 699. The average molecular weight is 383 g/mol. The molecule has 3 N–H and O–H groups in total. The lowest BCUT2D eigenvalue weighted by atomic mass is 9.99. The lowest BCUT2D eigenvalue weighted by molar-refractivity contribution is -0.113. The standard InChI is InChI=1S/C17H22N4O2S.ClH/c1-12-4-6-13(7-5-12)19-14(22)10-24-11-15-20-16(21-23-15)17(18)8-2-3-9-17;/h4-7H,2-3,8-11,18H2,1H3,(H,19,22);1H. The summed E-state index contributed by atoms with van der Waals surface area (Å²) in [6.07, 6.45) is 4.01. The van der Waals surface area contributed by atoms with E-state index in [2.05, 4.69) is 15.5 Å². The molecule has 0 unspecified atom stereocenters. The zero-order chi connectivity index (χ0) is 17.0. The van der Waals surface area contributed by atoms with E-state index in [0.717, 1.165) is 36.9 Å². The molecule has 0 saturated heterocycles. The van der Waals surface area contributed by atoms with Gasteiger partial charge in [0.05, 0.1) is 17.0 Å². The summed E-state index contributed by atoms with van der Waals surface area (Å²) < 4.78 is 5.26. The maximum absolute atomic E-state index is 11.9. The summed E-state index contributed by atoms with van der Waals surface area (Å²) in [5, 5.41) is 6.88. The highest BCUT2D eigenvalue weighted by Gasteiger charge is 2.35. The monoisotopic (exact) mass is 382 g/mol. The summed E-state index contributed by atoms with van der Waals surface area (Å²) in [6.45, 7) is 2.01. The van der Waals surface area contributed by atoms with Gasteiger partial charge in [0.25, 0.3) is 0 Å². The molecule has 6 nitrogen and oxygen atoms in total. The van der Waals surface area contributed by atoms with E-state index in [-0.39, 0.29) is 18.3 Å². The number of benzene rings is 1. The third-order valence-corrected chi connectivity index (χ3v) is 5.12. The molecule has 8 heteroatoms. The number of thioether (sulfide) groups is 1. The van der Waals surface area contributed by atoms with E-state index < -0.39 is 5.54 Å². The second-order valence-corrected chi connectivity index (χ2v) is 7.27. The van der Waals surface area contributed by atoms with Crippen LogP contribution in [0.5, 0.6) is 0 Å². The molecule has 0 atom stereocenters. The molecular weight excluding hydrogens is 360 g/mol. The van der Waals surface area contributed by atoms with E-state index in [1.54, 1.807) is 0 Å². The molecule has 0 aliphatic heterocycles. The number of rotatable bonds is 6. The average Bonchev–Trinajstić information content (AvgIpc) is 3.20. The first-order valence-corrected chi connectivity index (χ1v) is 9.27. The molecule has 0 bridgehead atoms. The van der Waals surface area contributed by atoms with E-state index in [1.807, 2.05) is 31.2 Å². The maximum Gasteiger partial charge on any atom is 0.236 e.